The molecule has 1 rings (SSSR count). The zero-order valence-electron chi connectivity index (χ0n) is 6.33. The van der Waals surface area contributed by atoms with Crippen LogP contribution in [0.5, 0.6) is 11.5 Å². The molecule has 0 aliphatic heterocycles. The second-order valence-electron chi connectivity index (χ2n) is 1.92. The largest absolute Gasteiger partial charge is 0.501 e. The molecule has 0 saturated carbocycles. The highest BCUT2D eigenvalue weighted by molar-refractivity contribution is 7.73. The molecule has 9 heteroatoms. The summed E-state index contributed by atoms with van der Waals surface area (Å²) in [5.74, 6) is -2.31. The first kappa shape index (κ1) is 12.4. The number of hydrogen-bond donors (Lipinski definition) is 4. The molecular formula is C5H4O8S. The van der Waals surface area contributed by atoms with Crippen LogP contribution in [0.15, 0.2) is 14.4 Å². The minimum absolute atomic E-state index is 1.16. The smallest absolute Gasteiger partial charge is 0.299 e. The quantitative estimate of drug-likeness (QED) is 0.284. The van der Waals surface area contributed by atoms with Crippen molar-refractivity contribution >= 4 is 11.4 Å². The maximum atomic E-state index is 10.3. The summed E-state index contributed by atoms with van der Waals surface area (Å²) in [6, 6.07) is 0. The third kappa shape index (κ3) is 2.73. The molecule has 8 nitrogen and oxygen atoms in total. The Kier molecular flexibility index (Phi) is 4.08. The van der Waals surface area contributed by atoms with Crippen LogP contribution in [0.4, 0.5) is 0 Å². The summed E-state index contributed by atoms with van der Waals surface area (Å²) < 4.78 is 22.8. The zero-order chi connectivity index (χ0) is 11.5. The van der Waals surface area contributed by atoms with Crippen molar-refractivity contribution in [1.82, 2.24) is 0 Å². The van der Waals surface area contributed by atoms with E-state index in [0.717, 1.165) is 0 Å². The van der Waals surface area contributed by atoms with Crippen LogP contribution < -0.4 is 16.3 Å². The van der Waals surface area contributed by atoms with E-state index in [-0.39, 0.29) is 0 Å². The molecule has 0 amide bonds. The molecule has 0 saturated heterocycles. The molecule has 0 aliphatic rings. The molecule has 1 aromatic carbocycles. The van der Waals surface area contributed by atoms with Crippen molar-refractivity contribution in [1.29, 1.82) is 0 Å². The molecule has 0 fully saturated rings. The Morgan fingerprint density at radius 3 is 1.07 bits per heavy atom. The van der Waals surface area contributed by atoms with Gasteiger partial charge in [0.05, 0.1) is 0 Å². The van der Waals surface area contributed by atoms with Crippen LogP contribution >= 0.6 is 0 Å². The van der Waals surface area contributed by atoms with Crippen LogP contribution in [0, 0.1) is 0 Å². The Hall–Kier alpha value is -1.58. The molecule has 0 heterocycles. The molecular weight excluding hydrogens is 220 g/mol. The fourth-order valence-corrected chi connectivity index (χ4v) is 0.533. The van der Waals surface area contributed by atoms with Gasteiger partial charge in [0.1, 0.15) is 0 Å². The van der Waals surface area contributed by atoms with Gasteiger partial charge in [-0.05, 0) is 0 Å². The van der Waals surface area contributed by atoms with Crippen molar-refractivity contribution in [2.24, 2.45) is 0 Å². The van der Waals surface area contributed by atoms with Gasteiger partial charge in [-0.1, -0.05) is 0 Å². The molecule has 0 bridgehead atoms. The van der Waals surface area contributed by atoms with E-state index in [0.29, 0.717) is 0 Å². The zero-order valence-corrected chi connectivity index (χ0v) is 7.15. The predicted octanol–water partition coefficient (Wildman–Crippen LogP) is -2.26. The second-order valence-corrected chi connectivity index (χ2v) is 2.38. The van der Waals surface area contributed by atoms with E-state index < -0.39 is 39.1 Å². The van der Waals surface area contributed by atoms with Crippen LogP contribution in [-0.4, -0.2) is 23.5 Å². The first-order valence-corrected chi connectivity index (χ1v) is 3.91. The van der Waals surface area contributed by atoms with Gasteiger partial charge in [-0.3, -0.25) is 23.5 Å². The molecule has 0 radical (unpaired) electrons. The van der Waals surface area contributed by atoms with Gasteiger partial charge in [0, 0.05) is 0 Å². The Bertz CT molecular complexity index is 441. The molecule has 4 N–H and O–H groups in total. The second kappa shape index (κ2) is 4.60. The molecule has 0 unspecified atom stereocenters. The van der Waals surface area contributed by atoms with Gasteiger partial charge in [0.2, 0.25) is 11.5 Å². The van der Waals surface area contributed by atoms with Gasteiger partial charge >= 0.3 is 0 Å². The van der Waals surface area contributed by atoms with Crippen LogP contribution in [0.2, 0.25) is 0 Å². The Labute approximate surface area is 77.9 Å². The van der Waals surface area contributed by atoms with Gasteiger partial charge < -0.3 is 10.2 Å². The van der Waals surface area contributed by atoms with Crippen molar-refractivity contribution in [2.75, 3.05) is 0 Å². The van der Waals surface area contributed by atoms with Gasteiger partial charge in [-0.15, -0.1) is 0 Å². The van der Waals surface area contributed by atoms with Crippen molar-refractivity contribution in [3.05, 3.63) is 30.7 Å². The minimum atomic E-state index is -2.61. The molecule has 78 valence electrons. The van der Waals surface area contributed by atoms with Crippen LogP contribution in [0.3, 0.4) is 0 Å². The summed E-state index contributed by atoms with van der Waals surface area (Å²) in [5.41, 5.74) is -4.08. The van der Waals surface area contributed by atoms with Crippen molar-refractivity contribution in [2.45, 2.75) is 0 Å². The summed E-state index contributed by atoms with van der Waals surface area (Å²) in [6.07, 6.45) is 0. The number of aromatic hydroxyl groups is 2. The van der Waals surface area contributed by atoms with Crippen LogP contribution in [0.1, 0.15) is 0 Å². The van der Waals surface area contributed by atoms with E-state index in [4.69, 9.17) is 23.5 Å². The standard InChI is InChI=1S/C5H2O5.H2O3S/c6-1-2(7)4(9)5(10)3(1)8;1-4(2)3/h6-7H;(H2,1,2,3). The summed E-state index contributed by atoms with van der Waals surface area (Å²) >= 11 is -2.61. The fourth-order valence-electron chi connectivity index (χ4n) is 0.533. The van der Waals surface area contributed by atoms with Gasteiger partial charge in [0.15, 0.2) is 0 Å². The lowest BCUT2D eigenvalue weighted by Gasteiger charge is -1.77. The van der Waals surface area contributed by atoms with Gasteiger partial charge in [-0.25, -0.2) is 0 Å². The molecule has 14 heavy (non-hydrogen) atoms. The lowest BCUT2D eigenvalue weighted by molar-refractivity contribution is 0.402. The highest BCUT2D eigenvalue weighted by atomic mass is 32.2. The van der Waals surface area contributed by atoms with Crippen molar-refractivity contribution in [3.63, 3.8) is 0 Å². The first-order chi connectivity index (χ1) is 6.29. The lowest BCUT2D eigenvalue weighted by atomic mass is 10.5. The Morgan fingerprint density at radius 2 is 1.00 bits per heavy atom. The number of rotatable bonds is 0. The molecule has 0 spiro atoms. The van der Waals surface area contributed by atoms with Gasteiger partial charge in [0.25, 0.3) is 27.6 Å². The molecule has 0 atom stereocenters. The Morgan fingerprint density at radius 1 is 0.786 bits per heavy atom. The number of hydrogen-bond acceptors (Lipinski definition) is 6. The van der Waals surface area contributed by atoms with Gasteiger partial charge in [-0.2, -0.15) is 4.21 Å². The van der Waals surface area contributed by atoms with E-state index >= 15 is 0 Å². The minimum Gasteiger partial charge on any atom is -0.501 e. The van der Waals surface area contributed by atoms with Crippen LogP contribution in [-0.2, 0) is 11.4 Å². The maximum Gasteiger partial charge on any atom is 0.299 e. The Balaban J connectivity index is 0.000000364. The summed E-state index contributed by atoms with van der Waals surface area (Å²) in [5, 5.41) is 16.9. The van der Waals surface area contributed by atoms with E-state index in [1.807, 2.05) is 0 Å². The van der Waals surface area contributed by atoms with E-state index in [9.17, 15) is 14.4 Å². The summed E-state index contributed by atoms with van der Waals surface area (Å²) in [4.78, 5) is 30.8. The topological polar surface area (TPSA) is 149 Å². The monoisotopic (exact) mass is 224 g/mol. The maximum absolute atomic E-state index is 10.3. The predicted molar refractivity (Wildman–Crippen MR) is 44.4 cm³/mol. The highest BCUT2D eigenvalue weighted by Gasteiger charge is 2.16. The summed E-state index contributed by atoms with van der Waals surface area (Å²) in [6.45, 7) is 0. The summed E-state index contributed by atoms with van der Waals surface area (Å²) in [7, 11) is 0. The SMILES string of the molecule is O=S(O)O.O=c1c(O)c(O)c(=O)c1=O. The van der Waals surface area contributed by atoms with Crippen LogP contribution in [0.25, 0.3) is 0 Å². The first-order valence-electron chi connectivity index (χ1n) is 2.84. The van der Waals surface area contributed by atoms with E-state index in [2.05, 4.69) is 0 Å². The average molecular weight is 224 g/mol. The molecule has 1 aromatic rings. The third-order valence-electron chi connectivity index (χ3n) is 1.07. The van der Waals surface area contributed by atoms with E-state index in [1.165, 1.54) is 0 Å². The third-order valence-corrected chi connectivity index (χ3v) is 1.07. The highest BCUT2D eigenvalue weighted by Crippen LogP contribution is 2.09. The fraction of sp³-hybridized carbons (Fsp3) is 0. The molecule has 0 aliphatic carbocycles. The average Bonchev–Trinajstić information content (AvgIpc) is 2.23. The van der Waals surface area contributed by atoms with Crippen molar-refractivity contribution < 1.29 is 23.5 Å². The van der Waals surface area contributed by atoms with E-state index in [1.54, 1.807) is 0 Å². The van der Waals surface area contributed by atoms with Crippen molar-refractivity contribution in [3.8, 4) is 11.5 Å². The molecule has 0 aromatic heterocycles. The normalized spacial score (nSPS) is 9.64. The lowest BCUT2D eigenvalue weighted by Crippen LogP contribution is -2.29.